The van der Waals surface area contributed by atoms with Crippen LogP contribution in [0, 0.1) is 11.8 Å². The molecule has 0 radical (unpaired) electrons. The van der Waals surface area contributed by atoms with Crippen molar-refractivity contribution in [1.29, 1.82) is 0 Å². The molecule has 0 aliphatic carbocycles. The molecule has 0 saturated carbocycles. The Bertz CT molecular complexity index is 1170. The smallest absolute Gasteiger partial charge is 0.263 e. The number of hydrogen-bond donors (Lipinski definition) is 3. The summed E-state index contributed by atoms with van der Waals surface area (Å²) >= 11 is 1.30. The summed E-state index contributed by atoms with van der Waals surface area (Å²) in [6.07, 6.45) is 0. The molecule has 1 amide bonds. The standard InChI is InChI=1S/C29H31N3O4S/c33-29(30-34)28(22-36-21-26-4-2-1-3-5-26)31-37-27-14-12-24(13-15-27)7-6-23-8-10-25(11-9-23)20-32-16-18-35-19-17-32/h1-5,8-15,28,31,34H,16-22H2,(H,30,33). The number of ether oxygens (including phenoxy) is 2. The van der Waals surface area contributed by atoms with Gasteiger partial charge < -0.3 is 9.47 Å². The predicted octanol–water partition coefficient (Wildman–Crippen LogP) is 3.61. The van der Waals surface area contributed by atoms with Crippen LogP contribution in [0.15, 0.2) is 83.8 Å². The zero-order chi connectivity index (χ0) is 25.7. The van der Waals surface area contributed by atoms with E-state index in [1.165, 1.54) is 17.5 Å². The molecule has 3 aromatic carbocycles. The third-order valence-corrected chi connectivity index (χ3v) is 6.72. The van der Waals surface area contributed by atoms with Crippen molar-refractivity contribution in [3.05, 3.63) is 101 Å². The molecule has 4 rings (SSSR count). The van der Waals surface area contributed by atoms with Crippen LogP contribution in [0.1, 0.15) is 22.3 Å². The van der Waals surface area contributed by atoms with Gasteiger partial charge in [-0.05, 0) is 59.5 Å². The molecule has 1 heterocycles. The second-order valence-corrected chi connectivity index (χ2v) is 9.52. The summed E-state index contributed by atoms with van der Waals surface area (Å²) in [5.74, 6) is 5.86. The van der Waals surface area contributed by atoms with Gasteiger partial charge >= 0.3 is 0 Å². The second kappa shape index (κ2) is 14.5. The number of benzene rings is 3. The van der Waals surface area contributed by atoms with Crippen LogP contribution in [0.25, 0.3) is 0 Å². The van der Waals surface area contributed by atoms with Crippen LogP contribution in [-0.2, 0) is 27.4 Å². The SMILES string of the molecule is O=C(NO)C(COCc1ccccc1)NSc1ccc(C#Cc2ccc(CN3CCOCC3)cc2)cc1. The summed E-state index contributed by atoms with van der Waals surface area (Å²) in [5, 5.41) is 9.07. The molecular formula is C29H31N3O4S. The summed E-state index contributed by atoms with van der Waals surface area (Å²) < 4.78 is 14.1. The molecule has 3 N–H and O–H groups in total. The maximum Gasteiger partial charge on any atom is 0.263 e. The first-order valence-corrected chi connectivity index (χ1v) is 13.0. The van der Waals surface area contributed by atoms with Gasteiger partial charge in [-0.25, -0.2) is 10.2 Å². The molecule has 1 fully saturated rings. The average Bonchev–Trinajstić information content (AvgIpc) is 2.96. The number of nitrogens with zero attached hydrogens (tertiary/aromatic N) is 1. The maximum absolute atomic E-state index is 12.0. The topological polar surface area (TPSA) is 83.1 Å². The monoisotopic (exact) mass is 517 g/mol. The fourth-order valence-electron chi connectivity index (χ4n) is 3.71. The van der Waals surface area contributed by atoms with Gasteiger partial charge in [0.05, 0.1) is 26.4 Å². The Morgan fingerprint density at radius 1 is 0.946 bits per heavy atom. The number of rotatable bonds is 10. The van der Waals surface area contributed by atoms with Gasteiger partial charge in [0, 0.05) is 35.7 Å². The van der Waals surface area contributed by atoms with E-state index in [-0.39, 0.29) is 6.61 Å². The number of amides is 1. The number of carbonyl (C=O) groups excluding carboxylic acids is 1. The minimum atomic E-state index is -0.718. The minimum Gasteiger partial charge on any atom is -0.379 e. The van der Waals surface area contributed by atoms with Crippen molar-refractivity contribution in [2.75, 3.05) is 32.9 Å². The predicted molar refractivity (Wildman–Crippen MR) is 144 cm³/mol. The van der Waals surface area contributed by atoms with Crippen LogP contribution in [0.2, 0.25) is 0 Å². The largest absolute Gasteiger partial charge is 0.379 e. The molecule has 7 nitrogen and oxygen atoms in total. The molecule has 0 spiro atoms. The number of nitrogens with one attached hydrogen (secondary N) is 2. The molecule has 37 heavy (non-hydrogen) atoms. The molecule has 0 aromatic heterocycles. The van der Waals surface area contributed by atoms with Gasteiger partial charge in [-0.1, -0.05) is 54.3 Å². The molecule has 0 bridgehead atoms. The van der Waals surface area contributed by atoms with Crippen LogP contribution in [0.5, 0.6) is 0 Å². The molecular weight excluding hydrogens is 486 g/mol. The van der Waals surface area contributed by atoms with Crippen LogP contribution in [0.4, 0.5) is 0 Å². The van der Waals surface area contributed by atoms with E-state index < -0.39 is 11.9 Å². The Labute approximate surface area is 222 Å². The lowest BCUT2D eigenvalue weighted by atomic mass is 10.1. The van der Waals surface area contributed by atoms with E-state index in [4.69, 9.17) is 14.7 Å². The first-order chi connectivity index (χ1) is 18.2. The third-order valence-electron chi connectivity index (χ3n) is 5.81. The van der Waals surface area contributed by atoms with Crippen molar-refractivity contribution in [3.63, 3.8) is 0 Å². The summed E-state index contributed by atoms with van der Waals surface area (Å²) in [5.41, 5.74) is 5.86. The number of hydrogen-bond acceptors (Lipinski definition) is 7. The Kier molecular flexibility index (Phi) is 10.6. The number of hydroxylamine groups is 1. The van der Waals surface area contributed by atoms with Crippen molar-refractivity contribution in [2.24, 2.45) is 0 Å². The van der Waals surface area contributed by atoms with E-state index in [2.05, 4.69) is 45.7 Å². The average molecular weight is 518 g/mol. The van der Waals surface area contributed by atoms with Gasteiger partial charge in [0.25, 0.3) is 5.91 Å². The van der Waals surface area contributed by atoms with Crippen LogP contribution < -0.4 is 10.2 Å². The van der Waals surface area contributed by atoms with Crippen LogP contribution in [-0.4, -0.2) is 55.0 Å². The summed E-state index contributed by atoms with van der Waals surface area (Å²) in [6, 6.07) is 25.1. The molecule has 1 saturated heterocycles. The van der Waals surface area contributed by atoms with Gasteiger partial charge in [0.15, 0.2) is 0 Å². The van der Waals surface area contributed by atoms with E-state index in [0.717, 1.165) is 54.4 Å². The van der Waals surface area contributed by atoms with Gasteiger partial charge in [-0.2, -0.15) is 0 Å². The first kappa shape index (κ1) is 26.9. The lowest BCUT2D eigenvalue weighted by molar-refractivity contribution is -0.132. The van der Waals surface area contributed by atoms with Gasteiger partial charge in [-0.3, -0.25) is 14.9 Å². The number of carbonyl (C=O) groups is 1. The van der Waals surface area contributed by atoms with Crippen LogP contribution >= 0.6 is 11.9 Å². The molecule has 1 aliphatic heterocycles. The van der Waals surface area contributed by atoms with Crippen molar-refractivity contribution in [2.45, 2.75) is 24.1 Å². The summed E-state index contributed by atoms with van der Waals surface area (Å²) in [7, 11) is 0. The van der Waals surface area contributed by atoms with Gasteiger partial charge in [0.2, 0.25) is 0 Å². The molecule has 8 heteroatoms. The highest BCUT2D eigenvalue weighted by molar-refractivity contribution is 7.97. The highest BCUT2D eigenvalue weighted by Gasteiger charge is 2.18. The summed E-state index contributed by atoms with van der Waals surface area (Å²) in [4.78, 5) is 15.3. The molecule has 3 aromatic rings. The Morgan fingerprint density at radius 3 is 2.24 bits per heavy atom. The maximum atomic E-state index is 12.0. The van der Waals surface area contributed by atoms with E-state index in [1.807, 2.05) is 54.6 Å². The quantitative estimate of drug-likeness (QED) is 0.164. The highest BCUT2D eigenvalue weighted by atomic mass is 32.2. The first-order valence-electron chi connectivity index (χ1n) is 12.2. The van der Waals surface area contributed by atoms with Gasteiger partial charge in [-0.15, -0.1) is 0 Å². The van der Waals surface area contributed by atoms with E-state index in [9.17, 15) is 4.79 Å². The Hall–Kier alpha value is -3.16. The molecule has 192 valence electrons. The lowest BCUT2D eigenvalue weighted by Crippen LogP contribution is -2.43. The molecule has 1 atom stereocenters. The summed E-state index contributed by atoms with van der Waals surface area (Å²) in [6.45, 7) is 4.99. The van der Waals surface area contributed by atoms with E-state index in [1.54, 1.807) is 5.48 Å². The normalized spacial score (nSPS) is 14.4. The minimum absolute atomic E-state index is 0.114. The molecule has 1 aliphatic rings. The zero-order valence-corrected chi connectivity index (χ0v) is 21.4. The van der Waals surface area contributed by atoms with Crippen LogP contribution in [0.3, 0.4) is 0 Å². The van der Waals surface area contributed by atoms with Gasteiger partial charge in [0.1, 0.15) is 6.04 Å². The zero-order valence-electron chi connectivity index (χ0n) is 20.6. The van der Waals surface area contributed by atoms with E-state index >= 15 is 0 Å². The fourth-order valence-corrected chi connectivity index (χ4v) is 4.44. The molecule has 1 unspecified atom stereocenters. The van der Waals surface area contributed by atoms with Crippen molar-refractivity contribution < 1.29 is 19.5 Å². The second-order valence-electron chi connectivity index (χ2n) is 8.61. The lowest BCUT2D eigenvalue weighted by Gasteiger charge is -2.26. The van der Waals surface area contributed by atoms with Crippen molar-refractivity contribution in [1.82, 2.24) is 15.1 Å². The number of morpholine rings is 1. The Morgan fingerprint density at radius 2 is 1.59 bits per heavy atom. The van der Waals surface area contributed by atoms with Crippen molar-refractivity contribution in [3.8, 4) is 11.8 Å². The fraction of sp³-hybridized carbons (Fsp3) is 0.276. The van der Waals surface area contributed by atoms with E-state index in [0.29, 0.717) is 6.61 Å². The van der Waals surface area contributed by atoms with Crippen molar-refractivity contribution >= 4 is 17.9 Å². The Balaban J connectivity index is 1.25. The third kappa shape index (κ3) is 9.02. The highest BCUT2D eigenvalue weighted by Crippen LogP contribution is 2.16.